The van der Waals surface area contributed by atoms with Gasteiger partial charge >= 0.3 is 0 Å². The Morgan fingerprint density at radius 2 is 0.983 bits per heavy atom. The van der Waals surface area contributed by atoms with Crippen LogP contribution in [-0.2, 0) is 14.4 Å². The van der Waals surface area contributed by atoms with Crippen LogP contribution in [0.4, 0.5) is 0 Å². The first-order chi connectivity index (χ1) is 26.5. The van der Waals surface area contributed by atoms with Crippen LogP contribution in [0.25, 0.3) is 0 Å². The summed E-state index contributed by atoms with van der Waals surface area (Å²) < 4.78 is 0. The van der Waals surface area contributed by atoms with E-state index in [1.807, 2.05) is 65.0 Å². The zero-order valence-electron chi connectivity index (χ0n) is 42.9. The average Bonchev–Trinajstić information content (AvgIpc) is 3.00. The van der Waals surface area contributed by atoms with Gasteiger partial charge in [-0.25, -0.2) is 0 Å². The molecule has 2 atom stereocenters. The smallest absolute Gasteiger partial charge is 0.224 e. The lowest BCUT2D eigenvalue weighted by Gasteiger charge is -2.31. The van der Waals surface area contributed by atoms with Crippen LogP contribution in [0.3, 0.4) is 0 Å². The largest absolute Gasteiger partial charge is 0.354 e. The van der Waals surface area contributed by atoms with Gasteiger partial charge in [-0.3, -0.25) is 14.4 Å². The van der Waals surface area contributed by atoms with Crippen molar-refractivity contribution < 1.29 is 14.4 Å². The molecule has 11 heteroatoms. The highest BCUT2D eigenvalue weighted by Crippen LogP contribution is 2.28. The molecule has 0 saturated heterocycles. The second kappa shape index (κ2) is 31.9. The number of nitrogens with one attached hydrogen (secondary N) is 1. The first kappa shape index (κ1) is 65.7. The summed E-state index contributed by atoms with van der Waals surface area (Å²) in [4.78, 5) is 45.0. The number of hydrogen-bond acceptors (Lipinski definition) is 8. The van der Waals surface area contributed by atoms with Crippen LogP contribution in [0.5, 0.6) is 0 Å². The fourth-order valence-corrected chi connectivity index (χ4v) is 9.31. The van der Waals surface area contributed by atoms with Gasteiger partial charge in [0.15, 0.2) is 0 Å². The second-order valence-corrected chi connectivity index (χ2v) is 26.8. The zero-order chi connectivity index (χ0) is 47.0. The number of amides is 3. The number of carbonyl (C=O) groups excluding carboxylic acids is 3. The average molecular weight is 907 g/mol. The summed E-state index contributed by atoms with van der Waals surface area (Å²) in [6, 6.07) is 0.259. The Morgan fingerprint density at radius 1 is 0.617 bits per heavy atom. The summed E-state index contributed by atoms with van der Waals surface area (Å²) >= 11 is 5.72. The van der Waals surface area contributed by atoms with E-state index >= 15 is 0 Å². The monoisotopic (exact) mass is 906 g/mol. The number of thioether (sulfide) groups is 3. The normalized spacial score (nSPS) is 13.3. The highest BCUT2D eigenvalue weighted by atomic mass is 32.2. The van der Waals surface area contributed by atoms with Gasteiger partial charge in [-0.1, -0.05) is 117 Å². The van der Waals surface area contributed by atoms with Crippen molar-refractivity contribution in [3.63, 3.8) is 0 Å². The molecule has 0 bridgehead atoms. The van der Waals surface area contributed by atoms with Crippen molar-refractivity contribution in [2.45, 2.75) is 168 Å². The second-order valence-electron chi connectivity index (χ2n) is 23.1. The van der Waals surface area contributed by atoms with E-state index in [9.17, 15) is 14.4 Å². The first-order valence-electron chi connectivity index (χ1n) is 22.1. The highest BCUT2D eigenvalue weighted by Gasteiger charge is 2.26. The quantitative estimate of drug-likeness (QED) is 0.0851. The van der Waals surface area contributed by atoms with Crippen molar-refractivity contribution in [1.29, 1.82) is 0 Å². The Balaban J connectivity index is -0.000000400. The third-order valence-electron chi connectivity index (χ3n) is 7.67. The van der Waals surface area contributed by atoms with Gasteiger partial charge in [0.05, 0.1) is 0 Å². The van der Waals surface area contributed by atoms with Crippen LogP contribution in [0, 0.1) is 27.1 Å². The predicted molar refractivity (Wildman–Crippen MR) is 277 cm³/mol. The van der Waals surface area contributed by atoms with Gasteiger partial charge in [0.25, 0.3) is 0 Å². The van der Waals surface area contributed by atoms with Crippen LogP contribution in [-0.4, -0.2) is 144 Å². The molecule has 0 saturated carbocycles. The SMILES string of the molecule is C.C=CCN(CC(C)(C)C)C(=O)CC(CN(C)C)SCC(C)(C)C.CC(C)NC(=O)CCSCC(C)(C)C.CCN(CC(C)(C)C)C(=O)CC(CN(C)C)SCC(C)(C)C. The lowest BCUT2D eigenvalue weighted by molar-refractivity contribution is -0.132. The molecule has 0 fully saturated rings. The van der Waals surface area contributed by atoms with Gasteiger partial charge in [0.1, 0.15) is 0 Å². The maximum absolute atomic E-state index is 12.8. The Bertz CT molecular complexity index is 1140. The molecule has 0 spiro atoms. The van der Waals surface area contributed by atoms with E-state index < -0.39 is 0 Å². The topological polar surface area (TPSA) is 76.2 Å². The standard InChI is InChI=1S/C19H38N2OS.C18H38N2OS.C11H23NOS.CH4/c1-10-11-21(14-18(2,3)4)17(22)12-16(13-20(8)9)23-15-19(5,6)7;1-10-20(13-17(2,3)4)16(21)11-15(12-19(8)9)22-14-18(5,6)7;1-9(2)12-10(13)6-7-14-8-11(3,4)5;/h10,16H,1,11-15H2,2-9H3;15H,10-14H2,1-9H3;9H,6-8H2,1-5H3,(H,12,13);1H4. The van der Waals surface area contributed by atoms with E-state index in [1.165, 1.54) is 0 Å². The molecule has 3 amide bonds. The molecule has 0 aromatic rings. The highest BCUT2D eigenvalue weighted by molar-refractivity contribution is 8.00. The maximum Gasteiger partial charge on any atom is 0.224 e. The first-order valence-corrected chi connectivity index (χ1v) is 25.3. The lowest BCUT2D eigenvalue weighted by Crippen LogP contribution is -2.40. The molecule has 60 heavy (non-hydrogen) atoms. The van der Waals surface area contributed by atoms with E-state index in [4.69, 9.17) is 0 Å². The van der Waals surface area contributed by atoms with Crippen LogP contribution in [0.2, 0.25) is 0 Å². The van der Waals surface area contributed by atoms with Crippen LogP contribution in [0.15, 0.2) is 12.7 Å². The van der Waals surface area contributed by atoms with Crippen molar-refractivity contribution in [3.8, 4) is 0 Å². The number of carbonyl (C=O) groups is 3. The van der Waals surface area contributed by atoms with E-state index in [0.29, 0.717) is 53.0 Å². The fraction of sp³-hybridized carbons (Fsp3) is 0.898. The summed E-state index contributed by atoms with van der Waals surface area (Å²) in [5.41, 5.74) is 1.20. The molecule has 2 unspecified atom stereocenters. The van der Waals surface area contributed by atoms with Crippen molar-refractivity contribution in [2.75, 3.05) is 90.5 Å². The fourth-order valence-electron chi connectivity index (χ4n) is 5.42. The molecule has 0 radical (unpaired) electrons. The number of rotatable bonds is 22. The Hall–Kier alpha value is -0.880. The maximum atomic E-state index is 12.8. The minimum Gasteiger partial charge on any atom is -0.354 e. The van der Waals surface area contributed by atoms with Gasteiger partial charge in [0.2, 0.25) is 17.7 Å². The summed E-state index contributed by atoms with van der Waals surface area (Å²) in [6.45, 7) is 48.0. The lowest BCUT2D eigenvalue weighted by atomic mass is 9.96. The Labute approximate surface area is 388 Å². The van der Waals surface area contributed by atoms with E-state index in [1.54, 1.807) is 0 Å². The molecule has 8 nitrogen and oxygen atoms in total. The van der Waals surface area contributed by atoms with Gasteiger partial charge in [0, 0.05) is 80.8 Å². The minimum absolute atomic E-state index is 0. The Morgan fingerprint density at radius 3 is 1.28 bits per heavy atom. The molecule has 360 valence electrons. The van der Waals surface area contributed by atoms with E-state index in [0.717, 1.165) is 55.7 Å². The van der Waals surface area contributed by atoms with Gasteiger partial charge in [-0.2, -0.15) is 35.3 Å². The summed E-state index contributed by atoms with van der Waals surface area (Å²) in [5.74, 6) is 4.90. The number of nitrogens with zero attached hydrogens (tertiary/aromatic N) is 4. The third-order valence-corrected chi connectivity index (χ3v) is 12.9. The zero-order valence-corrected chi connectivity index (χ0v) is 45.4. The summed E-state index contributed by atoms with van der Waals surface area (Å²) in [7, 11) is 8.32. The van der Waals surface area contributed by atoms with Crippen LogP contribution in [0.1, 0.15) is 151 Å². The van der Waals surface area contributed by atoms with Gasteiger partial charge in [-0.15, -0.1) is 6.58 Å². The molecular formula is C49H103N5O3S3. The Kier molecular flexibility index (Phi) is 34.9. The van der Waals surface area contributed by atoms with Crippen LogP contribution < -0.4 is 5.32 Å². The van der Waals surface area contributed by atoms with Gasteiger partial charge < -0.3 is 24.9 Å². The molecular weight excluding hydrogens is 803 g/mol. The van der Waals surface area contributed by atoms with Crippen molar-refractivity contribution >= 4 is 53.0 Å². The minimum atomic E-state index is 0. The molecule has 0 rings (SSSR count). The third kappa shape index (κ3) is 46.6. The molecule has 0 aliphatic rings. The summed E-state index contributed by atoms with van der Waals surface area (Å²) in [6.07, 6.45) is 3.71. The van der Waals surface area contributed by atoms with Crippen LogP contribution >= 0.6 is 35.3 Å². The molecule has 0 aromatic carbocycles. The number of hydrogen-bond donors (Lipinski definition) is 1. The molecule has 1 N–H and O–H groups in total. The van der Waals surface area contributed by atoms with E-state index in [-0.39, 0.29) is 41.5 Å². The predicted octanol–water partition coefficient (Wildman–Crippen LogP) is 11.4. The molecule has 0 heterocycles. The van der Waals surface area contributed by atoms with Crippen molar-refractivity contribution in [2.24, 2.45) is 27.1 Å². The van der Waals surface area contributed by atoms with Crippen molar-refractivity contribution in [3.05, 3.63) is 12.7 Å². The summed E-state index contributed by atoms with van der Waals surface area (Å²) in [5, 5.41) is 3.60. The van der Waals surface area contributed by atoms with Crippen molar-refractivity contribution in [1.82, 2.24) is 24.9 Å². The molecule has 0 aliphatic heterocycles. The molecule has 0 aliphatic carbocycles. The van der Waals surface area contributed by atoms with Gasteiger partial charge in [-0.05, 0) is 93.3 Å². The molecule has 0 aromatic heterocycles. The van der Waals surface area contributed by atoms with E-state index in [2.05, 4.69) is 161 Å².